The highest BCUT2D eigenvalue weighted by Crippen LogP contribution is 2.27. The van der Waals surface area contributed by atoms with Crippen LogP contribution in [0.1, 0.15) is 38.6 Å². The average molecular weight is 370 g/mol. The Morgan fingerprint density at radius 3 is 2.88 bits per heavy atom. The van der Waals surface area contributed by atoms with Gasteiger partial charge >= 0.3 is 0 Å². The quantitative estimate of drug-likeness (QED) is 0.773. The van der Waals surface area contributed by atoms with E-state index in [1.165, 1.54) is 17.6 Å². The van der Waals surface area contributed by atoms with Crippen LogP contribution in [-0.2, 0) is 0 Å². The third-order valence-corrected chi connectivity index (χ3v) is 4.89. The van der Waals surface area contributed by atoms with Crippen molar-refractivity contribution in [1.82, 2.24) is 10.6 Å². The summed E-state index contributed by atoms with van der Waals surface area (Å²) in [4.78, 5) is 25.0. The van der Waals surface area contributed by atoms with E-state index in [4.69, 9.17) is 4.42 Å². The molecule has 0 aromatic carbocycles. The second kappa shape index (κ2) is 8.32. The van der Waals surface area contributed by atoms with Crippen LogP contribution in [0.15, 0.2) is 28.9 Å². The predicted octanol–water partition coefficient (Wildman–Crippen LogP) is 2.81. The second-order valence-electron chi connectivity index (χ2n) is 5.57. The molecule has 1 fully saturated rings. The molecule has 8 heteroatoms. The standard InChI is InChI=1S/C16H19N3O3S.ClH/c1-10-8-13(19-15(20)12-5-3-7-22-12)23-14(10)16(21)18-11-4-2-6-17-9-11;/h3,5,7-8,11,17H,2,4,6,9H2,1H3,(H,18,21)(H,19,20);1H/t11-;/m0./s1. The van der Waals surface area contributed by atoms with Gasteiger partial charge < -0.3 is 20.4 Å². The molecular weight excluding hydrogens is 350 g/mol. The molecular formula is C16H20ClN3O3S. The molecule has 3 rings (SSSR count). The Hall–Kier alpha value is -1.83. The van der Waals surface area contributed by atoms with E-state index in [2.05, 4.69) is 16.0 Å². The van der Waals surface area contributed by atoms with Crippen molar-refractivity contribution < 1.29 is 14.0 Å². The summed E-state index contributed by atoms with van der Waals surface area (Å²) in [7, 11) is 0. The van der Waals surface area contributed by atoms with Crippen LogP contribution in [0, 0.1) is 6.92 Å². The van der Waals surface area contributed by atoms with Crippen LogP contribution in [0.25, 0.3) is 0 Å². The Bertz CT molecular complexity index is 693. The predicted molar refractivity (Wildman–Crippen MR) is 96.3 cm³/mol. The van der Waals surface area contributed by atoms with Gasteiger partial charge in [0, 0.05) is 12.6 Å². The summed E-state index contributed by atoms with van der Waals surface area (Å²) in [5, 5.41) is 9.71. The molecule has 0 unspecified atom stereocenters. The van der Waals surface area contributed by atoms with E-state index >= 15 is 0 Å². The fraction of sp³-hybridized carbons (Fsp3) is 0.375. The Balaban J connectivity index is 0.00000208. The van der Waals surface area contributed by atoms with Gasteiger partial charge in [-0.25, -0.2) is 0 Å². The minimum Gasteiger partial charge on any atom is -0.459 e. The van der Waals surface area contributed by atoms with Crippen molar-refractivity contribution in [3.05, 3.63) is 40.7 Å². The molecule has 130 valence electrons. The van der Waals surface area contributed by atoms with Crippen molar-refractivity contribution in [2.75, 3.05) is 18.4 Å². The number of piperidine rings is 1. The number of hydrogen-bond donors (Lipinski definition) is 3. The summed E-state index contributed by atoms with van der Waals surface area (Å²) >= 11 is 1.28. The fourth-order valence-corrected chi connectivity index (χ4v) is 3.55. The largest absolute Gasteiger partial charge is 0.459 e. The molecule has 0 aliphatic carbocycles. The van der Waals surface area contributed by atoms with Crippen molar-refractivity contribution >= 4 is 40.6 Å². The topological polar surface area (TPSA) is 83.4 Å². The molecule has 2 aromatic rings. The highest BCUT2D eigenvalue weighted by molar-refractivity contribution is 7.18. The highest BCUT2D eigenvalue weighted by Gasteiger charge is 2.20. The Labute approximate surface area is 150 Å². The summed E-state index contributed by atoms with van der Waals surface area (Å²) < 4.78 is 5.06. The number of rotatable bonds is 4. The molecule has 1 atom stereocenters. The highest BCUT2D eigenvalue weighted by atomic mass is 35.5. The first kappa shape index (κ1) is 18.5. The van der Waals surface area contributed by atoms with Gasteiger partial charge in [-0.3, -0.25) is 9.59 Å². The van der Waals surface area contributed by atoms with Gasteiger partial charge in [0.15, 0.2) is 5.76 Å². The van der Waals surface area contributed by atoms with E-state index in [-0.39, 0.29) is 36.0 Å². The van der Waals surface area contributed by atoms with Crippen molar-refractivity contribution in [3.8, 4) is 0 Å². The van der Waals surface area contributed by atoms with Crippen LogP contribution < -0.4 is 16.0 Å². The average Bonchev–Trinajstić information content (AvgIpc) is 3.18. The van der Waals surface area contributed by atoms with Gasteiger partial charge in [-0.15, -0.1) is 23.7 Å². The molecule has 3 N–H and O–H groups in total. The number of nitrogens with one attached hydrogen (secondary N) is 3. The van der Waals surface area contributed by atoms with Crippen LogP contribution in [0.5, 0.6) is 0 Å². The normalized spacial score (nSPS) is 17.0. The molecule has 0 radical (unpaired) electrons. The van der Waals surface area contributed by atoms with Crippen molar-refractivity contribution in [1.29, 1.82) is 0 Å². The number of aryl methyl sites for hydroxylation is 1. The first-order valence-corrected chi connectivity index (χ1v) is 8.42. The van der Waals surface area contributed by atoms with Gasteiger partial charge in [0.1, 0.15) is 0 Å². The number of anilines is 1. The number of amides is 2. The summed E-state index contributed by atoms with van der Waals surface area (Å²) in [6.45, 7) is 3.68. The SMILES string of the molecule is Cc1cc(NC(=O)c2ccco2)sc1C(=O)N[C@H]1CCCNC1.Cl. The monoisotopic (exact) mass is 369 g/mol. The van der Waals surface area contributed by atoms with Gasteiger partial charge in [-0.05, 0) is 50.1 Å². The van der Waals surface area contributed by atoms with Gasteiger partial charge in [-0.1, -0.05) is 0 Å². The first-order chi connectivity index (χ1) is 11.1. The van der Waals surface area contributed by atoms with Crippen LogP contribution in [0.4, 0.5) is 5.00 Å². The van der Waals surface area contributed by atoms with Gasteiger partial charge in [0.25, 0.3) is 11.8 Å². The number of thiophene rings is 1. The molecule has 1 aliphatic heterocycles. The Kier molecular flexibility index (Phi) is 6.42. The van der Waals surface area contributed by atoms with E-state index in [1.54, 1.807) is 18.2 Å². The minimum atomic E-state index is -0.320. The molecule has 2 amide bonds. The fourth-order valence-electron chi connectivity index (χ4n) is 2.58. The third kappa shape index (κ3) is 4.37. The molecule has 6 nitrogen and oxygen atoms in total. The zero-order valence-corrected chi connectivity index (χ0v) is 14.9. The zero-order valence-electron chi connectivity index (χ0n) is 13.3. The van der Waals surface area contributed by atoms with Crippen LogP contribution >= 0.6 is 23.7 Å². The van der Waals surface area contributed by atoms with E-state index in [0.29, 0.717) is 9.88 Å². The Morgan fingerprint density at radius 1 is 1.38 bits per heavy atom. The molecule has 0 saturated carbocycles. The molecule has 3 heterocycles. The lowest BCUT2D eigenvalue weighted by atomic mass is 10.1. The van der Waals surface area contributed by atoms with Crippen LogP contribution in [0.3, 0.4) is 0 Å². The van der Waals surface area contributed by atoms with E-state index in [9.17, 15) is 9.59 Å². The van der Waals surface area contributed by atoms with Gasteiger partial charge in [0.2, 0.25) is 0 Å². The first-order valence-electron chi connectivity index (χ1n) is 7.60. The summed E-state index contributed by atoms with van der Waals surface area (Å²) in [6, 6.07) is 5.23. The summed E-state index contributed by atoms with van der Waals surface area (Å²) in [5.41, 5.74) is 0.853. The molecule has 0 bridgehead atoms. The maximum absolute atomic E-state index is 12.4. The number of carbonyl (C=O) groups is 2. The summed E-state index contributed by atoms with van der Waals surface area (Å²) in [5.74, 6) is -0.158. The minimum absolute atomic E-state index is 0. The van der Waals surface area contributed by atoms with Crippen LogP contribution in [0.2, 0.25) is 0 Å². The maximum Gasteiger partial charge on any atom is 0.291 e. The molecule has 24 heavy (non-hydrogen) atoms. The van der Waals surface area contributed by atoms with E-state index < -0.39 is 0 Å². The number of furan rings is 1. The van der Waals surface area contributed by atoms with Crippen molar-refractivity contribution in [3.63, 3.8) is 0 Å². The molecule has 1 saturated heterocycles. The lowest BCUT2D eigenvalue weighted by Gasteiger charge is -2.23. The van der Waals surface area contributed by atoms with Crippen molar-refractivity contribution in [2.45, 2.75) is 25.8 Å². The lowest BCUT2D eigenvalue weighted by molar-refractivity contribution is 0.0933. The molecule has 1 aliphatic rings. The second-order valence-corrected chi connectivity index (χ2v) is 6.62. The summed E-state index contributed by atoms with van der Waals surface area (Å²) in [6.07, 6.45) is 3.51. The zero-order chi connectivity index (χ0) is 16.2. The van der Waals surface area contributed by atoms with E-state index in [0.717, 1.165) is 31.5 Å². The van der Waals surface area contributed by atoms with Crippen molar-refractivity contribution in [2.24, 2.45) is 0 Å². The maximum atomic E-state index is 12.4. The number of halogens is 1. The number of hydrogen-bond acceptors (Lipinski definition) is 5. The Morgan fingerprint density at radius 2 is 2.21 bits per heavy atom. The van der Waals surface area contributed by atoms with Gasteiger partial charge in [0.05, 0.1) is 16.1 Å². The lowest BCUT2D eigenvalue weighted by Crippen LogP contribution is -2.45. The van der Waals surface area contributed by atoms with Gasteiger partial charge in [-0.2, -0.15) is 0 Å². The third-order valence-electron chi connectivity index (χ3n) is 3.74. The molecule has 2 aromatic heterocycles. The van der Waals surface area contributed by atoms with Crippen LogP contribution in [-0.4, -0.2) is 30.9 Å². The molecule has 0 spiro atoms. The smallest absolute Gasteiger partial charge is 0.291 e. The number of carbonyl (C=O) groups excluding carboxylic acids is 2. The van der Waals surface area contributed by atoms with E-state index in [1.807, 2.05) is 6.92 Å².